The fourth-order valence-corrected chi connectivity index (χ4v) is 3.70. The molecule has 1 fully saturated rings. The smallest absolute Gasteiger partial charge is 0.347 e. The molecule has 0 radical (unpaired) electrons. The number of aromatic amines is 1. The van der Waals surface area contributed by atoms with Gasteiger partial charge in [-0.1, -0.05) is 17.7 Å². The number of nitrogens with zero attached hydrogens (tertiary/aromatic N) is 2. The number of hydrogen-bond donors (Lipinski definition) is 3. The summed E-state index contributed by atoms with van der Waals surface area (Å²) in [7, 11) is -4.32. The van der Waals surface area contributed by atoms with E-state index in [1.54, 1.807) is 19.1 Å². The molecule has 0 aliphatic carbocycles. The van der Waals surface area contributed by atoms with Gasteiger partial charge in [-0.25, -0.2) is 4.79 Å². The van der Waals surface area contributed by atoms with Crippen molar-refractivity contribution in [3.05, 3.63) is 56.9 Å². The molecule has 1 unspecified atom stereocenters. The summed E-state index contributed by atoms with van der Waals surface area (Å²) < 4.78 is 36.2. The zero-order chi connectivity index (χ0) is 19.8. The monoisotopic (exact) mass is 399 g/mol. The summed E-state index contributed by atoms with van der Waals surface area (Å²) in [6.07, 6.45) is -5.06. The molecule has 1 aliphatic heterocycles. The molecule has 12 heteroatoms. The number of aryl methyl sites for hydroxylation is 1. The van der Waals surface area contributed by atoms with Crippen LogP contribution in [0.4, 0.5) is 0 Å². The molecule has 3 N–H and O–H groups in total. The van der Waals surface area contributed by atoms with Crippen molar-refractivity contribution in [1.82, 2.24) is 14.8 Å². The number of nitrogens with one attached hydrogen (secondary N) is 1. The maximum absolute atomic E-state index is 12.5. The first-order valence-corrected chi connectivity index (χ1v) is 9.26. The van der Waals surface area contributed by atoms with Crippen LogP contribution in [-0.4, -0.2) is 58.3 Å². The van der Waals surface area contributed by atoms with Crippen LogP contribution in [0, 0.1) is 6.92 Å². The van der Waals surface area contributed by atoms with Crippen molar-refractivity contribution in [3.8, 4) is 0 Å². The standard InChI is InChI=1S/C15H17N3O8S/c1-8-2-4-9(5-3-8)27(23,24)26-13-12(21)10(7-19)25-14(13)18-15(22)17-11(20)6-16-18/h2-6,10,12-14,19,21H,7H2,1H3,(H,17,20,22)/t10-,12-,13-,14?/m1/s1. The average Bonchev–Trinajstić information content (AvgIpc) is 2.91. The van der Waals surface area contributed by atoms with Crippen molar-refractivity contribution in [2.75, 3.05) is 6.61 Å². The molecule has 1 aromatic carbocycles. The quantitative estimate of drug-likeness (QED) is 0.496. The summed E-state index contributed by atoms with van der Waals surface area (Å²) in [5.41, 5.74) is -0.918. The molecular weight excluding hydrogens is 382 g/mol. The van der Waals surface area contributed by atoms with Crippen LogP contribution in [0.25, 0.3) is 0 Å². The van der Waals surface area contributed by atoms with Gasteiger partial charge in [-0.05, 0) is 19.1 Å². The van der Waals surface area contributed by atoms with Crippen LogP contribution in [0.2, 0.25) is 0 Å². The summed E-state index contributed by atoms with van der Waals surface area (Å²) in [4.78, 5) is 24.9. The largest absolute Gasteiger partial charge is 0.394 e. The molecule has 1 aliphatic rings. The average molecular weight is 399 g/mol. The maximum Gasteiger partial charge on any atom is 0.347 e. The number of ether oxygens (including phenoxy) is 1. The first kappa shape index (κ1) is 19.4. The Bertz CT molecular complexity index is 1030. The Hall–Kier alpha value is -2.38. The van der Waals surface area contributed by atoms with E-state index in [1.165, 1.54) is 12.1 Å². The fraction of sp³-hybridized carbons (Fsp3) is 0.400. The van der Waals surface area contributed by atoms with Gasteiger partial charge in [-0.15, -0.1) is 0 Å². The zero-order valence-electron chi connectivity index (χ0n) is 14.0. The summed E-state index contributed by atoms with van der Waals surface area (Å²) in [6, 6.07) is 5.80. The highest BCUT2D eigenvalue weighted by Crippen LogP contribution is 2.32. The third kappa shape index (κ3) is 3.84. The van der Waals surface area contributed by atoms with E-state index >= 15 is 0 Å². The predicted octanol–water partition coefficient (Wildman–Crippen LogP) is -1.74. The molecular formula is C15H17N3O8S. The van der Waals surface area contributed by atoms with Crippen molar-refractivity contribution in [1.29, 1.82) is 0 Å². The van der Waals surface area contributed by atoms with E-state index in [9.17, 15) is 28.2 Å². The van der Waals surface area contributed by atoms with E-state index in [2.05, 4.69) is 5.10 Å². The highest BCUT2D eigenvalue weighted by Gasteiger charge is 2.48. The predicted molar refractivity (Wildman–Crippen MR) is 89.4 cm³/mol. The minimum Gasteiger partial charge on any atom is -0.394 e. The summed E-state index contributed by atoms with van der Waals surface area (Å²) in [5, 5.41) is 23.2. The molecule has 0 bridgehead atoms. The molecule has 1 aromatic heterocycles. The van der Waals surface area contributed by atoms with Gasteiger partial charge in [0.25, 0.3) is 15.7 Å². The molecule has 3 rings (SSSR count). The Labute approximate surface area is 152 Å². The molecule has 0 spiro atoms. The second-order valence-corrected chi connectivity index (χ2v) is 7.52. The van der Waals surface area contributed by atoms with Crippen LogP contribution < -0.4 is 11.2 Å². The van der Waals surface area contributed by atoms with Crippen LogP contribution >= 0.6 is 0 Å². The lowest BCUT2D eigenvalue weighted by molar-refractivity contribution is -0.0582. The van der Waals surface area contributed by atoms with Gasteiger partial charge in [-0.2, -0.15) is 18.2 Å². The van der Waals surface area contributed by atoms with Gasteiger partial charge in [0, 0.05) is 0 Å². The van der Waals surface area contributed by atoms with Gasteiger partial charge in [0.1, 0.15) is 18.4 Å². The normalized spacial score (nSPS) is 25.6. The van der Waals surface area contributed by atoms with E-state index in [0.29, 0.717) is 4.68 Å². The number of aromatic nitrogens is 3. The first-order valence-electron chi connectivity index (χ1n) is 7.85. The van der Waals surface area contributed by atoms with Crippen molar-refractivity contribution in [2.24, 2.45) is 0 Å². The van der Waals surface area contributed by atoms with Gasteiger partial charge in [0.2, 0.25) is 0 Å². The number of aliphatic hydroxyl groups excluding tert-OH is 2. The van der Waals surface area contributed by atoms with Crippen LogP contribution in [0.5, 0.6) is 0 Å². The molecule has 11 nitrogen and oxygen atoms in total. The van der Waals surface area contributed by atoms with Crippen LogP contribution in [0.15, 0.2) is 44.9 Å². The van der Waals surface area contributed by atoms with E-state index in [-0.39, 0.29) is 4.90 Å². The summed E-state index contributed by atoms with van der Waals surface area (Å²) >= 11 is 0. The van der Waals surface area contributed by atoms with Crippen molar-refractivity contribution < 1.29 is 27.6 Å². The van der Waals surface area contributed by atoms with Gasteiger partial charge < -0.3 is 14.9 Å². The minimum atomic E-state index is -4.32. The van der Waals surface area contributed by atoms with Gasteiger partial charge >= 0.3 is 5.69 Å². The molecule has 146 valence electrons. The zero-order valence-corrected chi connectivity index (χ0v) is 14.9. The van der Waals surface area contributed by atoms with Crippen LogP contribution in [0.3, 0.4) is 0 Å². The molecule has 0 saturated carbocycles. The molecule has 4 atom stereocenters. The van der Waals surface area contributed by atoms with Crippen molar-refractivity contribution in [3.63, 3.8) is 0 Å². The Balaban J connectivity index is 1.98. The lowest BCUT2D eigenvalue weighted by Gasteiger charge is -2.20. The number of rotatable bonds is 5. The van der Waals surface area contributed by atoms with E-state index in [4.69, 9.17) is 8.92 Å². The SMILES string of the molecule is Cc1ccc(S(=O)(=O)O[C@H]2C(n3ncc(=O)[nH]c3=O)O[C@H](CO)[C@H]2O)cc1. The molecule has 1 saturated heterocycles. The van der Waals surface area contributed by atoms with E-state index in [1.807, 2.05) is 4.98 Å². The molecule has 0 amide bonds. The fourth-order valence-electron chi connectivity index (χ4n) is 2.62. The molecule has 27 heavy (non-hydrogen) atoms. The Morgan fingerprint density at radius 3 is 2.56 bits per heavy atom. The lowest BCUT2D eigenvalue weighted by Crippen LogP contribution is -2.41. The Kier molecular flexibility index (Phi) is 5.26. The first-order chi connectivity index (χ1) is 12.7. The summed E-state index contributed by atoms with van der Waals surface area (Å²) in [6.45, 7) is 1.13. The van der Waals surface area contributed by atoms with Crippen molar-refractivity contribution >= 4 is 10.1 Å². The minimum absolute atomic E-state index is 0.159. The van der Waals surface area contributed by atoms with Gasteiger partial charge in [0.15, 0.2) is 12.3 Å². The van der Waals surface area contributed by atoms with Gasteiger partial charge in [-0.3, -0.25) is 14.0 Å². The topological polar surface area (TPSA) is 161 Å². The number of H-pyrrole nitrogens is 1. The lowest BCUT2D eigenvalue weighted by atomic mass is 10.1. The molecule has 2 heterocycles. The highest BCUT2D eigenvalue weighted by molar-refractivity contribution is 7.86. The Morgan fingerprint density at radius 2 is 1.96 bits per heavy atom. The van der Waals surface area contributed by atoms with Crippen LogP contribution in [0.1, 0.15) is 11.8 Å². The third-order valence-electron chi connectivity index (χ3n) is 4.02. The van der Waals surface area contributed by atoms with Crippen LogP contribution in [-0.2, 0) is 19.0 Å². The second kappa shape index (κ2) is 7.32. The third-order valence-corrected chi connectivity index (χ3v) is 5.34. The van der Waals surface area contributed by atoms with Crippen molar-refractivity contribution in [2.45, 2.75) is 36.4 Å². The van der Waals surface area contributed by atoms with Gasteiger partial charge in [0.05, 0.1) is 11.5 Å². The summed E-state index contributed by atoms with van der Waals surface area (Å²) in [5.74, 6) is 0. The number of aliphatic hydroxyl groups is 2. The van der Waals surface area contributed by atoms with E-state index in [0.717, 1.165) is 11.8 Å². The number of benzene rings is 1. The van der Waals surface area contributed by atoms with E-state index < -0.39 is 52.5 Å². The maximum atomic E-state index is 12.5. The molecule has 2 aromatic rings. The second-order valence-electron chi connectivity index (χ2n) is 5.95. The Morgan fingerprint density at radius 1 is 1.30 bits per heavy atom. The number of hydrogen-bond acceptors (Lipinski definition) is 9. The highest BCUT2D eigenvalue weighted by atomic mass is 32.2.